The van der Waals surface area contributed by atoms with E-state index >= 15 is 0 Å². The minimum absolute atomic E-state index is 0. The Labute approximate surface area is 117 Å². The van der Waals surface area contributed by atoms with Gasteiger partial charge in [-0.15, -0.1) is 12.4 Å². The van der Waals surface area contributed by atoms with Gasteiger partial charge in [0.05, 0.1) is 6.61 Å². The van der Waals surface area contributed by atoms with Gasteiger partial charge in [0.2, 0.25) is 8.32 Å². The van der Waals surface area contributed by atoms with Crippen molar-refractivity contribution in [2.75, 3.05) is 0 Å². The van der Waals surface area contributed by atoms with Gasteiger partial charge < -0.3 is 4.43 Å². The van der Waals surface area contributed by atoms with E-state index in [1.165, 1.54) is 0 Å². The Morgan fingerprint density at radius 2 is 1.61 bits per heavy atom. The highest BCUT2D eigenvalue weighted by Crippen LogP contribution is 2.37. The van der Waals surface area contributed by atoms with Gasteiger partial charge in [-0.25, -0.2) is 5.90 Å². The van der Waals surface area contributed by atoms with Crippen LogP contribution in [0, 0.1) is 0 Å². The molecule has 0 spiro atoms. The van der Waals surface area contributed by atoms with Gasteiger partial charge in [0, 0.05) is 0 Å². The quantitative estimate of drug-likeness (QED) is 0.676. The summed E-state index contributed by atoms with van der Waals surface area (Å²) in [4.78, 5) is 4.59. The molecule has 0 aliphatic rings. The summed E-state index contributed by atoms with van der Waals surface area (Å²) in [5, 5.41) is 0.214. The van der Waals surface area contributed by atoms with Crippen molar-refractivity contribution in [3.8, 4) is 5.75 Å². The summed E-state index contributed by atoms with van der Waals surface area (Å²) < 4.78 is 6.17. The largest absolute Gasteiger partial charge is 0.544 e. The molecule has 0 bridgehead atoms. The van der Waals surface area contributed by atoms with E-state index < -0.39 is 8.32 Å². The van der Waals surface area contributed by atoms with Crippen LogP contribution in [0.5, 0.6) is 5.75 Å². The average Bonchev–Trinajstić information content (AvgIpc) is 2.19. The van der Waals surface area contributed by atoms with Crippen molar-refractivity contribution in [2.24, 2.45) is 5.90 Å². The van der Waals surface area contributed by atoms with Crippen LogP contribution in [0.15, 0.2) is 24.3 Å². The lowest BCUT2D eigenvalue weighted by Crippen LogP contribution is -2.43. The molecule has 1 rings (SSSR count). The molecule has 0 saturated carbocycles. The average molecular weight is 290 g/mol. The zero-order valence-electron chi connectivity index (χ0n) is 11.8. The molecule has 0 fully saturated rings. The van der Waals surface area contributed by atoms with Crippen molar-refractivity contribution in [2.45, 2.75) is 45.5 Å². The minimum atomic E-state index is -1.74. The SMILES string of the molecule is CC(C)(C)[Si](C)(C)Oc1ccc(CON)cc1.Cl. The molecular weight excluding hydrogens is 266 g/mol. The van der Waals surface area contributed by atoms with Crippen LogP contribution in [0.3, 0.4) is 0 Å². The smallest absolute Gasteiger partial charge is 0.250 e. The Bertz CT molecular complexity index is 360. The van der Waals surface area contributed by atoms with Crippen molar-refractivity contribution < 1.29 is 9.26 Å². The van der Waals surface area contributed by atoms with Crippen molar-refractivity contribution in [1.29, 1.82) is 0 Å². The van der Waals surface area contributed by atoms with E-state index in [1.54, 1.807) is 0 Å². The predicted molar refractivity (Wildman–Crippen MR) is 80.5 cm³/mol. The summed E-state index contributed by atoms with van der Waals surface area (Å²) >= 11 is 0. The highest BCUT2D eigenvalue weighted by Gasteiger charge is 2.38. The fourth-order valence-corrected chi connectivity index (χ4v) is 2.23. The van der Waals surface area contributed by atoms with Gasteiger partial charge in [-0.2, -0.15) is 0 Å². The Kier molecular flexibility index (Phi) is 6.36. The minimum Gasteiger partial charge on any atom is -0.544 e. The zero-order chi connectivity index (χ0) is 13.1. The number of hydrogen-bond donors (Lipinski definition) is 1. The molecule has 0 atom stereocenters. The van der Waals surface area contributed by atoms with Crippen LogP contribution in [0.2, 0.25) is 18.1 Å². The molecule has 3 nitrogen and oxygen atoms in total. The lowest BCUT2D eigenvalue weighted by atomic mass is 10.2. The zero-order valence-corrected chi connectivity index (χ0v) is 13.6. The molecule has 0 radical (unpaired) electrons. The van der Waals surface area contributed by atoms with Crippen molar-refractivity contribution in [1.82, 2.24) is 0 Å². The first kappa shape index (κ1) is 17.4. The van der Waals surface area contributed by atoms with Crippen LogP contribution in [-0.4, -0.2) is 8.32 Å². The molecule has 0 amide bonds. The van der Waals surface area contributed by atoms with Gasteiger partial charge in [-0.3, -0.25) is 4.84 Å². The van der Waals surface area contributed by atoms with Gasteiger partial charge in [0.25, 0.3) is 0 Å². The molecule has 5 heteroatoms. The summed E-state index contributed by atoms with van der Waals surface area (Å²) in [5.74, 6) is 5.96. The Morgan fingerprint density at radius 1 is 1.11 bits per heavy atom. The maximum absolute atomic E-state index is 6.17. The molecular formula is C13H24ClNO2Si. The van der Waals surface area contributed by atoms with E-state index in [4.69, 9.17) is 10.3 Å². The van der Waals surface area contributed by atoms with Gasteiger partial charge >= 0.3 is 0 Å². The monoisotopic (exact) mass is 289 g/mol. The third-order valence-corrected chi connectivity index (χ3v) is 7.71. The van der Waals surface area contributed by atoms with E-state index in [9.17, 15) is 0 Å². The molecule has 2 N–H and O–H groups in total. The summed E-state index contributed by atoms with van der Waals surface area (Å²) in [6, 6.07) is 7.92. The number of nitrogens with two attached hydrogens (primary N) is 1. The highest BCUT2D eigenvalue weighted by atomic mass is 35.5. The van der Waals surface area contributed by atoms with Gasteiger partial charge in [0.1, 0.15) is 5.75 Å². The van der Waals surface area contributed by atoms with Crippen LogP contribution >= 0.6 is 12.4 Å². The van der Waals surface area contributed by atoms with Gasteiger partial charge in [0.15, 0.2) is 0 Å². The van der Waals surface area contributed by atoms with Crippen LogP contribution < -0.4 is 10.3 Å². The molecule has 0 aromatic heterocycles. The molecule has 0 heterocycles. The van der Waals surface area contributed by atoms with E-state index in [-0.39, 0.29) is 17.4 Å². The third-order valence-electron chi connectivity index (χ3n) is 3.35. The molecule has 104 valence electrons. The van der Waals surface area contributed by atoms with Crippen molar-refractivity contribution in [3.05, 3.63) is 29.8 Å². The molecule has 0 unspecified atom stereocenters. The van der Waals surface area contributed by atoms with Crippen LogP contribution in [-0.2, 0) is 11.4 Å². The topological polar surface area (TPSA) is 44.5 Å². The number of halogens is 1. The second kappa shape index (κ2) is 6.57. The van der Waals surface area contributed by atoms with Gasteiger partial charge in [-0.1, -0.05) is 32.9 Å². The predicted octanol–water partition coefficient (Wildman–Crippen LogP) is 3.88. The molecule has 0 aliphatic carbocycles. The molecule has 0 saturated heterocycles. The fourth-order valence-electron chi connectivity index (χ4n) is 1.20. The standard InChI is InChI=1S/C13H23NO2Si.ClH/c1-13(2,3)17(4,5)16-12-8-6-11(7-9-12)10-15-14;/h6-9H,10,14H2,1-5H3;1H. The summed E-state index contributed by atoms with van der Waals surface area (Å²) in [6.45, 7) is 11.6. The first-order chi connectivity index (χ1) is 7.76. The molecule has 18 heavy (non-hydrogen) atoms. The number of benzene rings is 1. The maximum atomic E-state index is 6.17. The normalized spacial score (nSPS) is 11.9. The summed E-state index contributed by atoms with van der Waals surface area (Å²) in [7, 11) is -1.74. The first-order valence-corrected chi connectivity index (χ1v) is 8.77. The summed E-state index contributed by atoms with van der Waals surface area (Å²) in [5.41, 5.74) is 1.05. The van der Waals surface area contributed by atoms with Crippen LogP contribution in [0.1, 0.15) is 26.3 Å². The second-order valence-corrected chi connectivity index (χ2v) is 10.5. The van der Waals surface area contributed by atoms with E-state index in [0.29, 0.717) is 6.61 Å². The van der Waals surface area contributed by atoms with Crippen molar-refractivity contribution >= 4 is 20.7 Å². The van der Waals surface area contributed by atoms with Crippen LogP contribution in [0.4, 0.5) is 0 Å². The van der Waals surface area contributed by atoms with Gasteiger partial charge in [-0.05, 0) is 35.8 Å². The third kappa shape index (κ3) is 4.61. The van der Waals surface area contributed by atoms with E-state index in [2.05, 4.69) is 38.7 Å². The molecule has 0 aliphatic heterocycles. The number of hydrogen-bond acceptors (Lipinski definition) is 3. The van der Waals surface area contributed by atoms with Crippen LogP contribution in [0.25, 0.3) is 0 Å². The summed E-state index contributed by atoms with van der Waals surface area (Å²) in [6.07, 6.45) is 0. The first-order valence-electron chi connectivity index (χ1n) is 5.86. The fraction of sp³-hybridized carbons (Fsp3) is 0.538. The Hall–Kier alpha value is -0.553. The highest BCUT2D eigenvalue weighted by molar-refractivity contribution is 6.74. The second-order valence-electron chi connectivity index (χ2n) is 5.82. The van der Waals surface area contributed by atoms with E-state index in [1.807, 2.05) is 24.3 Å². The number of rotatable bonds is 4. The Morgan fingerprint density at radius 3 is 2.00 bits per heavy atom. The van der Waals surface area contributed by atoms with E-state index in [0.717, 1.165) is 11.3 Å². The Balaban J connectivity index is 0.00000289. The lowest BCUT2D eigenvalue weighted by Gasteiger charge is -2.36. The van der Waals surface area contributed by atoms with Crippen molar-refractivity contribution in [3.63, 3.8) is 0 Å². The molecule has 1 aromatic rings. The maximum Gasteiger partial charge on any atom is 0.250 e. The lowest BCUT2D eigenvalue weighted by molar-refractivity contribution is 0.124. The molecule has 1 aromatic carbocycles.